The predicted molar refractivity (Wildman–Crippen MR) is 116 cm³/mol. The Balaban J connectivity index is 1.70. The minimum absolute atomic E-state index is 0.236. The molecule has 0 atom stereocenters. The summed E-state index contributed by atoms with van der Waals surface area (Å²) in [7, 11) is 1.67. The van der Waals surface area contributed by atoms with Crippen molar-refractivity contribution in [1.82, 2.24) is 0 Å². The van der Waals surface area contributed by atoms with Gasteiger partial charge < -0.3 is 15.0 Å². The first kappa shape index (κ1) is 18.3. The molecule has 2 aromatic carbocycles. The van der Waals surface area contributed by atoms with Crippen LogP contribution >= 0.6 is 23.8 Å². The first-order chi connectivity index (χ1) is 13.1. The fraction of sp³-hybridized carbons (Fsp3) is 0.333. The van der Waals surface area contributed by atoms with E-state index in [2.05, 4.69) is 16.3 Å². The number of nitrogens with one attached hydrogen (secondary N) is 1. The molecule has 0 radical (unpaired) electrons. The zero-order valence-electron chi connectivity index (χ0n) is 15.2. The summed E-state index contributed by atoms with van der Waals surface area (Å²) in [6.45, 7) is 0. The van der Waals surface area contributed by atoms with Crippen LogP contribution < -0.4 is 15.0 Å². The lowest BCUT2D eigenvalue weighted by molar-refractivity contribution is 0.386. The van der Waals surface area contributed by atoms with Crippen molar-refractivity contribution in [3.8, 4) is 5.75 Å². The molecule has 140 valence electrons. The average Bonchev–Trinajstić information content (AvgIpc) is 2.93. The van der Waals surface area contributed by atoms with Gasteiger partial charge in [-0.2, -0.15) is 0 Å². The third kappa shape index (κ3) is 3.42. The second-order valence-electron chi connectivity index (χ2n) is 7.00. The lowest BCUT2D eigenvalue weighted by Crippen LogP contribution is -2.55. The third-order valence-corrected chi connectivity index (χ3v) is 5.88. The van der Waals surface area contributed by atoms with Gasteiger partial charge in [-0.25, -0.2) is 4.99 Å². The molecule has 1 fully saturated rings. The van der Waals surface area contributed by atoms with Gasteiger partial charge in [-0.1, -0.05) is 36.9 Å². The Hall–Kier alpha value is -2.11. The number of rotatable bonds is 3. The standard InChI is InChI=1S/C21H22ClN3OS/c1-26-18-10-8-16(9-11-18)23-19-21(12-3-2-4-13-21)25(20(27)24-19)17-7-5-6-15(22)14-17/h5-11,14H,2-4,12-13H2,1H3,(H,23,24,27). The number of thiocarbonyl (C=S) groups is 1. The van der Waals surface area contributed by atoms with Crippen molar-refractivity contribution in [2.45, 2.75) is 37.6 Å². The molecular formula is C21H22ClN3OS. The number of ether oxygens (including phenoxy) is 1. The van der Waals surface area contributed by atoms with Crippen LogP contribution in [0.25, 0.3) is 0 Å². The van der Waals surface area contributed by atoms with Crippen molar-refractivity contribution in [3.63, 3.8) is 0 Å². The summed E-state index contributed by atoms with van der Waals surface area (Å²) < 4.78 is 5.25. The molecule has 2 aromatic rings. The number of methoxy groups -OCH3 is 1. The molecule has 4 rings (SSSR count). The highest BCUT2D eigenvalue weighted by atomic mass is 35.5. The molecule has 6 heteroatoms. The van der Waals surface area contributed by atoms with Gasteiger partial charge in [-0.15, -0.1) is 0 Å². The minimum atomic E-state index is -0.236. The number of hydrogen-bond acceptors (Lipinski definition) is 3. The second-order valence-corrected chi connectivity index (χ2v) is 7.81. The summed E-state index contributed by atoms with van der Waals surface area (Å²) >= 11 is 11.9. The van der Waals surface area contributed by atoms with Gasteiger partial charge in [0, 0.05) is 16.4 Å². The molecule has 1 N–H and O–H groups in total. The summed E-state index contributed by atoms with van der Waals surface area (Å²) in [4.78, 5) is 6.97. The Bertz CT molecular complexity index is 875. The molecule has 2 aliphatic rings. The fourth-order valence-electron chi connectivity index (χ4n) is 4.06. The molecule has 4 nitrogen and oxygen atoms in total. The first-order valence-electron chi connectivity index (χ1n) is 9.22. The quantitative estimate of drug-likeness (QED) is 0.675. The van der Waals surface area contributed by atoms with Gasteiger partial charge in [0.1, 0.15) is 17.1 Å². The van der Waals surface area contributed by atoms with Gasteiger partial charge in [-0.05, 0) is 67.5 Å². The first-order valence-corrected chi connectivity index (χ1v) is 10.0. The van der Waals surface area contributed by atoms with Crippen LogP contribution in [0.3, 0.4) is 0 Å². The van der Waals surface area contributed by atoms with E-state index in [0.29, 0.717) is 10.1 Å². The van der Waals surface area contributed by atoms with E-state index in [1.165, 1.54) is 6.42 Å². The minimum Gasteiger partial charge on any atom is -0.497 e. The maximum absolute atomic E-state index is 6.26. The fourth-order valence-corrected chi connectivity index (χ4v) is 4.62. The topological polar surface area (TPSA) is 36.9 Å². The van der Waals surface area contributed by atoms with Gasteiger partial charge in [0.15, 0.2) is 0 Å². The Kier molecular flexibility index (Phi) is 5.06. The number of amidine groups is 1. The Morgan fingerprint density at radius 3 is 2.52 bits per heavy atom. The molecular weight excluding hydrogens is 378 g/mol. The van der Waals surface area contributed by atoms with Crippen molar-refractivity contribution in [2.75, 3.05) is 17.3 Å². The van der Waals surface area contributed by atoms with E-state index in [1.807, 2.05) is 42.5 Å². The van der Waals surface area contributed by atoms with Crippen LogP contribution in [0.5, 0.6) is 5.75 Å². The Morgan fingerprint density at radius 1 is 1.11 bits per heavy atom. The van der Waals surface area contributed by atoms with Crippen molar-refractivity contribution in [1.29, 1.82) is 0 Å². The van der Waals surface area contributed by atoms with Crippen molar-refractivity contribution >= 4 is 46.1 Å². The van der Waals surface area contributed by atoms with Gasteiger partial charge in [0.2, 0.25) is 5.11 Å². The Morgan fingerprint density at radius 2 is 1.85 bits per heavy atom. The maximum atomic E-state index is 6.26. The predicted octanol–water partition coefficient (Wildman–Crippen LogP) is 5.67. The zero-order chi connectivity index (χ0) is 18.9. The van der Waals surface area contributed by atoms with Gasteiger partial charge in [0.05, 0.1) is 7.11 Å². The van der Waals surface area contributed by atoms with E-state index in [-0.39, 0.29) is 5.54 Å². The zero-order valence-corrected chi connectivity index (χ0v) is 16.8. The van der Waals surface area contributed by atoms with Crippen LogP contribution in [0.2, 0.25) is 5.02 Å². The van der Waals surface area contributed by atoms with Gasteiger partial charge in [-0.3, -0.25) is 0 Å². The highest BCUT2D eigenvalue weighted by molar-refractivity contribution is 7.80. The summed E-state index contributed by atoms with van der Waals surface area (Å²) in [6, 6.07) is 15.8. The summed E-state index contributed by atoms with van der Waals surface area (Å²) in [6.07, 6.45) is 5.59. The van der Waals surface area contributed by atoms with Gasteiger partial charge in [0.25, 0.3) is 0 Å². The number of aliphatic imine (C=N–C) groups is 1. The molecule has 0 unspecified atom stereocenters. The number of anilines is 2. The van der Waals surface area contributed by atoms with Crippen LogP contribution in [0.15, 0.2) is 53.5 Å². The molecule has 1 aliphatic heterocycles. The lowest BCUT2D eigenvalue weighted by atomic mass is 9.79. The highest BCUT2D eigenvalue weighted by Gasteiger charge is 2.49. The maximum Gasteiger partial charge on any atom is 0.202 e. The number of halogens is 1. The molecule has 0 aromatic heterocycles. The van der Waals surface area contributed by atoms with Crippen molar-refractivity contribution in [3.05, 3.63) is 53.6 Å². The summed E-state index contributed by atoms with van der Waals surface area (Å²) in [5, 5.41) is 4.83. The summed E-state index contributed by atoms with van der Waals surface area (Å²) in [5.74, 6) is 1.76. The van der Waals surface area contributed by atoms with Crippen LogP contribution in [0, 0.1) is 0 Å². The molecule has 0 amide bonds. The Labute approximate surface area is 170 Å². The second kappa shape index (κ2) is 7.49. The normalized spacial score (nSPS) is 18.5. The van der Waals surface area contributed by atoms with E-state index < -0.39 is 0 Å². The molecule has 1 heterocycles. The summed E-state index contributed by atoms with van der Waals surface area (Å²) in [5.41, 5.74) is 1.75. The van der Waals surface area contributed by atoms with Crippen LogP contribution in [-0.2, 0) is 0 Å². The smallest absolute Gasteiger partial charge is 0.202 e. The average molecular weight is 400 g/mol. The van der Waals surface area contributed by atoms with Crippen molar-refractivity contribution in [2.24, 2.45) is 4.99 Å². The highest BCUT2D eigenvalue weighted by Crippen LogP contribution is 2.42. The van der Waals surface area contributed by atoms with E-state index in [1.54, 1.807) is 7.11 Å². The number of benzene rings is 2. The number of nitrogens with zero attached hydrogens (tertiary/aromatic N) is 2. The third-order valence-electron chi connectivity index (χ3n) is 5.37. The molecule has 1 spiro atoms. The molecule has 0 saturated heterocycles. The SMILES string of the molecule is COc1ccc(NC2=NC(=S)N(c3cccc(Cl)c3)C23CCCCC3)cc1. The van der Waals surface area contributed by atoms with E-state index >= 15 is 0 Å². The lowest BCUT2D eigenvalue weighted by Gasteiger charge is -2.43. The number of hydrogen-bond donors (Lipinski definition) is 1. The molecule has 0 bridgehead atoms. The van der Waals surface area contributed by atoms with Crippen LogP contribution in [-0.4, -0.2) is 23.6 Å². The van der Waals surface area contributed by atoms with Crippen LogP contribution in [0.4, 0.5) is 11.4 Å². The van der Waals surface area contributed by atoms with E-state index in [0.717, 1.165) is 48.6 Å². The molecule has 1 saturated carbocycles. The van der Waals surface area contributed by atoms with Crippen LogP contribution in [0.1, 0.15) is 32.1 Å². The monoisotopic (exact) mass is 399 g/mol. The largest absolute Gasteiger partial charge is 0.497 e. The molecule has 27 heavy (non-hydrogen) atoms. The van der Waals surface area contributed by atoms with E-state index in [9.17, 15) is 0 Å². The van der Waals surface area contributed by atoms with E-state index in [4.69, 9.17) is 33.5 Å². The van der Waals surface area contributed by atoms with Crippen molar-refractivity contribution < 1.29 is 4.74 Å². The van der Waals surface area contributed by atoms with Gasteiger partial charge >= 0.3 is 0 Å². The molecule has 1 aliphatic carbocycles.